The van der Waals surface area contributed by atoms with E-state index in [2.05, 4.69) is 12.2 Å². The Balaban J connectivity index is 0.00000364. The van der Waals surface area contributed by atoms with Gasteiger partial charge in [0.15, 0.2) is 11.5 Å². The fourth-order valence-electron chi connectivity index (χ4n) is 3.49. The van der Waals surface area contributed by atoms with Crippen LogP contribution in [0.15, 0.2) is 12.1 Å². The zero-order valence-corrected chi connectivity index (χ0v) is 17.7. The molecular weight excluding hydrogens is 368 g/mol. The number of nitrogens with zero attached hydrogens (tertiary/aromatic N) is 1. The molecule has 7 heteroatoms. The number of halogens is 1. The van der Waals surface area contributed by atoms with E-state index in [9.17, 15) is 4.79 Å². The third kappa shape index (κ3) is 6.18. The van der Waals surface area contributed by atoms with Crippen LogP contribution in [0.4, 0.5) is 0 Å². The highest BCUT2D eigenvalue weighted by Crippen LogP contribution is 2.40. The van der Waals surface area contributed by atoms with E-state index in [0.717, 1.165) is 44.6 Å². The van der Waals surface area contributed by atoms with Crippen molar-refractivity contribution in [2.45, 2.75) is 32.6 Å². The molecule has 0 unspecified atom stereocenters. The van der Waals surface area contributed by atoms with E-state index < -0.39 is 0 Å². The molecule has 0 saturated carbocycles. The predicted octanol–water partition coefficient (Wildman–Crippen LogP) is 2.91. The third-order valence-corrected chi connectivity index (χ3v) is 5.04. The monoisotopic (exact) mass is 400 g/mol. The molecular formula is C20H33ClN2O4. The largest absolute Gasteiger partial charge is 0.493 e. The van der Waals surface area contributed by atoms with Crippen molar-refractivity contribution in [2.24, 2.45) is 5.92 Å². The van der Waals surface area contributed by atoms with Crippen LogP contribution in [0.5, 0.6) is 17.2 Å². The van der Waals surface area contributed by atoms with Gasteiger partial charge in [-0.15, -0.1) is 12.4 Å². The molecule has 27 heavy (non-hydrogen) atoms. The normalized spacial score (nSPS) is 14.4. The van der Waals surface area contributed by atoms with Gasteiger partial charge in [0, 0.05) is 19.5 Å². The highest BCUT2D eigenvalue weighted by atomic mass is 35.5. The molecule has 1 aliphatic rings. The number of methoxy groups -OCH3 is 3. The zero-order chi connectivity index (χ0) is 18.9. The van der Waals surface area contributed by atoms with E-state index in [-0.39, 0.29) is 18.3 Å². The molecule has 1 heterocycles. The Morgan fingerprint density at radius 1 is 1.11 bits per heavy atom. The van der Waals surface area contributed by atoms with E-state index in [1.54, 1.807) is 21.3 Å². The topological polar surface area (TPSA) is 60.0 Å². The van der Waals surface area contributed by atoms with Crippen LogP contribution < -0.4 is 19.5 Å². The minimum Gasteiger partial charge on any atom is -0.493 e. The molecule has 0 aromatic heterocycles. The molecule has 1 aliphatic heterocycles. The number of benzene rings is 1. The predicted molar refractivity (Wildman–Crippen MR) is 110 cm³/mol. The Labute approximate surface area is 168 Å². The van der Waals surface area contributed by atoms with Gasteiger partial charge in [-0.1, -0.05) is 13.0 Å². The highest BCUT2D eigenvalue weighted by molar-refractivity contribution is 5.85. The highest BCUT2D eigenvalue weighted by Gasteiger charge is 2.23. The van der Waals surface area contributed by atoms with Gasteiger partial charge in [0.2, 0.25) is 11.7 Å². The van der Waals surface area contributed by atoms with Crippen molar-refractivity contribution in [1.82, 2.24) is 10.2 Å². The summed E-state index contributed by atoms with van der Waals surface area (Å²) >= 11 is 0. The molecule has 0 atom stereocenters. The number of nitrogens with one attached hydrogen (secondary N) is 1. The van der Waals surface area contributed by atoms with Gasteiger partial charge in [0.1, 0.15) is 0 Å². The lowest BCUT2D eigenvalue weighted by Gasteiger charge is -2.32. The number of aryl methyl sites for hydroxylation is 1. The number of ether oxygens (including phenoxy) is 3. The van der Waals surface area contributed by atoms with Crippen molar-refractivity contribution in [3.05, 3.63) is 17.7 Å². The Hall–Kier alpha value is -1.66. The van der Waals surface area contributed by atoms with E-state index in [1.165, 1.54) is 0 Å². The summed E-state index contributed by atoms with van der Waals surface area (Å²) in [5, 5.41) is 3.40. The van der Waals surface area contributed by atoms with Crippen LogP contribution in [-0.2, 0) is 11.2 Å². The average Bonchev–Trinajstić information content (AvgIpc) is 2.69. The number of carbonyl (C=O) groups excluding carboxylic acids is 1. The quantitative estimate of drug-likeness (QED) is 0.690. The summed E-state index contributed by atoms with van der Waals surface area (Å²) in [5.41, 5.74) is 0.959. The van der Waals surface area contributed by atoms with Crippen LogP contribution >= 0.6 is 12.4 Å². The summed E-state index contributed by atoms with van der Waals surface area (Å²) < 4.78 is 16.2. The van der Waals surface area contributed by atoms with Gasteiger partial charge < -0.3 is 24.4 Å². The molecule has 0 bridgehead atoms. The summed E-state index contributed by atoms with van der Waals surface area (Å²) in [4.78, 5) is 14.6. The van der Waals surface area contributed by atoms with Crippen LogP contribution in [0.3, 0.4) is 0 Å². The molecule has 1 aromatic rings. The Morgan fingerprint density at radius 2 is 1.78 bits per heavy atom. The van der Waals surface area contributed by atoms with Gasteiger partial charge in [-0.2, -0.15) is 0 Å². The Morgan fingerprint density at radius 3 is 2.33 bits per heavy atom. The number of carbonyl (C=O) groups is 1. The first-order valence-electron chi connectivity index (χ1n) is 9.40. The number of likely N-dealkylation sites (tertiary alicyclic amines) is 1. The zero-order valence-electron chi connectivity index (χ0n) is 16.9. The number of piperidine rings is 1. The summed E-state index contributed by atoms with van der Waals surface area (Å²) in [5.74, 6) is 2.74. The van der Waals surface area contributed by atoms with Crippen molar-refractivity contribution in [2.75, 3.05) is 47.5 Å². The van der Waals surface area contributed by atoms with E-state index in [1.807, 2.05) is 17.0 Å². The van der Waals surface area contributed by atoms with Gasteiger partial charge in [0.25, 0.3) is 0 Å². The average molecular weight is 401 g/mol. The number of hydrogen-bond acceptors (Lipinski definition) is 5. The Bertz CT molecular complexity index is 590. The summed E-state index contributed by atoms with van der Waals surface area (Å²) in [6, 6.07) is 3.80. The Kier molecular flexibility index (Phi) is 10.3. The van der Waals surface area contributed by atoms with Gasteiger partial charge in [-0.25, -0.2) is 0 Å². The second-order valence-corrected chi connectivity index (χ2v) is 6.63. The van der Waals surface area contributed by atoms with E-state index >= 15 is 0 Å². The molecule has 1 N–H and O–H groups in total. The number of rotatable bonds is 9. The van der Waals surface area contributed by atoms with Crippen LogP contribution in [0.25, 0.3) is 0 Å². The van der Waals surface area contributed by atoms with Crippen LogP contribution in [0.1, 0.15) is 31.7 Å². The van der Waals surface area contributed by atoms with Crippen molar-refractivity contribution < 1.29 is 19.0 Å². The molecule has 0 spiro atoms. The maximum atomic E-state index is 12.6. The lowest BCUT2D eigenvalue weighted by molar-refractivity contribution is -0.132. The standard InChI is InChI=1S/C20H32N2O4.ClH/c1-5-21-14-15-10-12-22(13-11-15)18(23)9-7-16-6-8-17(24-2)20(26-4)19(16)25-3;/h6,8,15,21H,5,7,9-14H2,1-4H3;1H. The van der Waals surface area contributed by atoms with Crippen molar-refractivity contribution in [3.63, 3.8) is 0 Å². The fourth-order valence-corrected chi connectivity index (χ4v) is 3.49. The summed E-state index contributed by atoms with van der Waals surface area (Å²) in [6.07, 6.45) is 3.26. The summed E-state index contributed by atoms with van der Waals surface area (Å²) in [6.45, 7) is 5.91. The molecule has 1 fully saturated rings. The molecule has 0 aliphatic carbocycles. The maximum absolute atomic E-state index is 12.6. The van der Waals surface area contributed by atoms with Gasteiger partial charge in [-0.3, -0.25) is 4.79 Å². The molecule has 1 aromatic carbocycles. The first kappa shape index (κ1) is 23.4. The van der Waals surface area contributed by atoms with Gasteiger partial charge in [-0.05, 0) is 49.9 Å². The first-order valence-corrected chi connectivity index (χ1v) is 9.40. The number of hydrogen-bond donors (Lipinski definition) is 1. The molecule has 6 nitrogen and oxygen atoms in total. The third-order valence-electron chi connectivity index (χ3n) is 5.04. The van der Waals surface area contributed by atoms with Crippen LogP contribution in [0, 0.1) is 5.92 Å². The van der Waals surface area contributed by atoms with Crippen molar-refractivity contribution >= 4 is 18.3 Å². The van der Waals surface area contributed by atoms with Crippen molar-refractivity contribution in [3.8, 4) is 17.2 Å². The lowest BCUT2D eigenvalue weighted by atomic mass is 9.96. The van der Waals surface area contributed by atoms with Crippen molar-refractivity contribution in [1.29, 1.82) is 0 Å². The molecule has 1 amide bonds. The minimum absolute atomic E-state index is 0. The van der Waals surface area contributed by atoms with E-state index in [4.69, 9.17) is 14.2 Å². The molecule has 2 rings (SSSR count). The van der Waals surface area contributed by atoms with Gasteiger partial charge in [0.05, 0.1) is 21.3 Å². The SMILES string of the molecule is CCNCC1CCN(C(=O)CCc2ccc(OC)c(OC)c2OC)CC1.Cl. The second-order valence-electron chi connectivity index (χ2n) is 6.63. The van der Waals surface area contributed by atoms with Crippen LogP contribution in [-0.4, -0.2) is 58.3 Å². The molecule has 0 radical (unpaired) electrons. The lowest BCUT2D eigenvalue weighted by Crippen LogP contribution is -2.40. The minimum atomic E-state index is 0. The van der Waals surface area contributed by atoms with Gasteiger partial charge >= 0.3 is 0 Å². The molecule has 154 valence electrons. The van der Waals surface area contributed by atoms with Crippen LogP contribution in [0.2, 0.25) is 0 Å². The fraction of sp³-hybridized carbons (Fsp3) is 0.650. The first-order chi connectivity index (χ1) is 12.6. The maximum Gasteiger partial charge on any atom is 0.222 e. The smallest absolute Gasteiger partial charge is 0.222 e. The number of amides is 1. The summed E-state index contributed by atoms with van der Waals surface area (Å²) in [7, 11) is 4.80. The second kappa shape index (κ2) is 11.9. The molecule has 1 saturated heterocycles. The van der Waals surface area contributed by atoms with E-state index in [0.29, 0.717) is 36.0 Å².